The van der Waals surface area contributed by atoms with Crippen molar-refractivity contribution in [3.8, 4) is 0 Å². The molecular weight excluding hydrogens is 158 g/mol. The predicted molar refractivity (Wildman–Crippen MR) is 45.5 cm³/mol. The second-order valence-electron chi connectivity index (χ2n) is 2.78. The van der Waals surface area contributed by atoms with Gasteiger partial charge in [0.05, 0.1) is 13.2 Å². The van der Waals surface area contributed by atoms with Gasteiger partial charge in [0.25, 0.3) is 0 Å². The number of ether oxygens (including phenoxy) is 1. The number of hydrogen-bond donors (Lipinski definition) is 2. The molecule has 0 amide bonds. The molecule has 0 aliphatic rings. The maximum atomic E-state index is 11.2. The summed E-state index contributed by atoms with van der Waals surface area (Å²) in [5.74, 6) is -0.519. The minimum absolute atomic E-state index is 0.293. The lowest BCUT2D eigenvalue weighted by atomic mass is 9.96. The predicted octanol–water partition coefficient (Wildman–Crippen LogP) is 0.0394. The van der Waals surface area contributed by atoms with Gasteiger partial charge >= 0.3 is 5.97 Å². The molecule has 3 N–H and O–H groups in total. The molecular formula is C8H17NO3. The standard InChI is InChI=1S/C8H17NO3/c1-3-5-8(9,6-10)7(11)12-4-2/h10H,3-6,9H2,1-2H3. The Morgan fingerprint density at radius 3 is 2.50 bits per heavy atom. The van der Waals surface area contributed by atoms with Gasteiger partial charge in [-0.15, -0.1) is 0 Å². The van der Waals surface area contributed by atoms with Crippen LogP contribution in [-0.4, -0.2) is 29.8 Å². The number of carbonyl (C=O) groups is 1. The number of rotatable bonds is 5. The van der Waals surface area contributed by atoms with Crippen molar-refractivity contribution >= 4 is 5.97 Å². The molecule has 0 aliphatic carbocycles. The summed E-state index contributed by atoms with van der Waals surface area (Å²) in [6, 6.07) is 0. The van der Waals surface area contributed by atoms with Crippen molar-refractivity contribution in [3.05, 3.63) is 0 Å². The van der Waals surface area contributed by atoms with E-state index in [4.69, 9.17) is 15.6 Å². The van der Waals surface area contributed by atoms with E-state index in [9.17, 15) is 4.79 Å². The van der Waals surface area contributed by atoms with Crippen LogP contribution in [0.4, 0.5) is 0 Å². The van der Waals surface area contributed by atoms with Gasteiger partial charge in [0.1, 0.15) is 5.54 Å². The van der Waals surface area contributed by atoms with E-state index in [0.717, 1.165) is 6.42 Å². The number of aliphatic hydroxyl groups is 1. The van der Waals surface area contributed by atoms with Crippen LogP contribution in [0.15, 0.2) is 0 Å². The van der Waals surface area contributed by atoms with Gasteiger partial charge in [0, 0.05) is 0 Å². The molecule has 0 fully saturated rings. The number of nitrogens with two attached hydrogens (primary N) is 1. The quantitative estimate of drug-likeness (QED) is 0.579. The van der Waals surface area contributed by atoms with Gasteiger partial charge in [0.2, 0.25) is 0 Å². The van der Waals surface area contributed by atoms with Gasteiger partial charge in [-0.05, 0) is 13.3 Å². The summed E-state index contributed by atoms with van der Waals surface area (Å²) in [7, 11) is 0. The molecule has 0 heterocycles. The number of hydrogen-bond acceptors (Lipinski definition) is 4. The monoisotopic (exact) mass is 175 g/mol. The van der Waals surface area contributed by atoms with E-state index < -0.39 is 11.5 Å². The highest BCUT2D eigenvalue weighted by Crippen LogP contribution is 2.10. The Kier molecular flexibility index (Phi) is 4.85. The van der Waals surface area contributed by atoms with Gasteiger partial charge in [0.15, 0.2) is 0 Å². The van der Waals surface area contributed by atoms with E-state index >= 15 is 0 Å². The highest BCUT2D eigenvalue weighted by molar-refractivity contribution is 5.80. The van der Waals surface area contributed by atoms with Crippen molar-refractivity contribution in [2.24, 2.45) is 5.73 Å². The Balaban J connectivity index is 4.18. The summed E-state index contributed by atoms with van der Waals surface area (Å²) in [5, 5.41) is 8.89. The number of carbonyl (C=O) groups excluding carboxylic acids is 1. The molecule has 1 unspecified atom stereocenters. The molecule has 0 bridgehead atoms. The van der Waals surface area contributed by atoms with Crippen LogP contribution in [-0.2, 0) is 9.53 Å². The molecule has 0 radical (unpaired) electrons. The molecule has 1 atom stereocenters. The van der Waals surface area contributed by atoms with Crippen LogP contribution < -0.4 is 5.73 Å². The molecule has 12 heavy (non-hydrogen) atoms. The zero-order valence-electron chi connectivity index (χ0n) is 7.67. The molecule has 0 aromatic heterocycles. The SMILES string of the molecule is CCCC(N)(CO)C(=O)OCC. The summed E-state index contributed by atoms with van der Waals surface area (Å²) in [5.41, 5.74) is 4.41. The van der Waals surface area contributed by atoms with Crippen LogP contribution in [0.25, 0.3) is 0 Å². The zero-order chi connectivity index (χ0) is 9.61. The van der Waals surface area contributed by atoms with Crippen LogP contribution in [0, 0.1) is 0 Å². The van der Waals surface area contributed by atoms with Crippen LogP contribution in [0.2, 0.25) is 0 Å². The molecule has 4 nitrogen and oxygen atoms in total. The average molecular weight is 175 g/mol. The number of esters is 1. The lowest BCUT2D eigenvalue weighted by Crippen LogP contribution is -2.52. The van der Waals surface area contributed by atoms with Gasteiger partial charge < -0.3 is 15.6 Å². The topological polar surface area (TPSA) is 72.5 Å². The molecule has 0 aromatic rings. The molecule has 72 valence electrons. The molecule has 0 aromatic carbocycles. The third-order valence-corrected chi connectivity index (χ3v) is 1.66. The third-order valence-electron chi connectivity index (χ3n) is 1.66. The summed E-state index contributed by atoms with van der Waals surface area (Å²) in [4.78, 5) is 11.2. The lowest BCUT2D eigenvalue weighted by molar-refractivity contribution is -0.151. The highest BCUT2D eigenvalue weighted by atomic mass is 16.5. The van der Waals surface area contributed by atoms with E-state index in [2.05, 4.69) is 0 Å². The van der Waals surface area contributed by atoms with Gasteiger partial charge in [-0.2, -0.15) is 0 Å². The van der Waals surface area contributed by atoms with E-state index in [-0.39, 0.29) is 6.61 Å². The maximum Gasteiger partial charge on any atom is 0.328 e. The first-order valence-electron chi connectivity index (χ1n) is 4.17. The van der Waals surface area contributed by atoms with Crippen molar-refractivity contribution in [3.63, 3.8) is 0 Å². The smallest absolute Gasteiger partial charge is 0.328 e. The van der Waals surface area contributed by atoms with Gasteiger partial charge in [-0.1, -0.05) is 13.3 Å². The average Bonchev–Trinajstić information content (AvgIpc) is 2.05. The Morgan fingerprint density at radius 2 is 2.17 bits per heavy atom. The molecule has 0 spiro atoms. The van der Waals surface area contributed by atoms with Crippen molar-refractivity contribution < 1.29 is 14.6 Å². The van der Waals surface area contributed by atoms with E-state index in [1.54, 1.807) is 6.92 Å². The normalized spacial score (nSPS) is 15.3. The number of aliphatic hydroxyl groups excluding tert-OH is 1. The van der Waals surface area contributed by atoms with E-state index in [1.165, 1.54) is 0 Å². The van der Waals surface area contributed by atoms with E-state index in [1.807, 2.05) is 6.92 Å². The fraction of sp³-hybridized carbons (Fsp3) is 0.875. The largest absolute Gasteiger partial charge is 0.465 e. The molecule has 0 rings (SSSR count). The Morgan fingerprint density at radius 1 is 1.58 bits per heavy atom. The second-order valence-corrected chi connectivity index (χ2v) is 2.78. The summed E-state index contributed by atoms with van der Waals surface area (Å²) >= 11 is 0. The second kappa shape index (κ2) is 5.11. The van der Waals surface area contributed by atoms with E-state index in [0.29, 0.717) is 13.0 Å². The molecule has 0 aliphatic heterocycles. The van der Waals surface area contributed by atoms with Crippen LogP contribution >= 0.6 is 0 Å². The van der Waals surface area contributed by atoms with Crippen LogP contribution in [0.5, 0.6) is 0 Å². The van der Waals surface area contributed by atoms with Gasteiger partial charge in [-0.25, -0.2) is 4.79 Å². The van der Waals surface area contributed by atoms with Crippen molar-refractivity contribution in [1.29, 1.82) is 0 Å². The minimum atomic E-state index is -1.20. The first-order chi connectivity index (χ1) is 5.60. The Hall–Kier alpha value is -0.610. The molecule has 0 saturated carbocycles. The van der Waals surface area contributed by atoms with Crippen molar-refractivity contribution in [1.82, 2.24) is 0 Å². The molecule has 4 heteroatoms. The van der Waals surface area contributed by atoms with Crippen molar-refractivity contribution in [2.75, 3.05) is 13.2 Å². The van der Waals surface area contributed by atoms with Gasteiger partial charge in [-0.3, -0.25) is 0 Å². The molecule has 0 saturated heterocycles. The first-order valence-corrected chi connectivity index (χ1v) is 4.17. The Bertz CT molecular complexity index is 149. The van der Waals surface area contributed by atoms with Crippen molar-refractivity contribution in [2.45, 2.75) is 32.2 Å². The van der Waals surface area contributed by atoms with Crippen LogP contribution in [0.1, 0.15) is 26.7 Å². The third kappa shape index (κ3) is 2.79. The summed E-state index contributed by atoms with van der Waals surface area (Å²) in [6.45, 7) is 3.54. The fourth-order valence-electron chi connectivity index (χ4n) is 0.967. The Labute approximate surface area is 72.7 Å². The first kappa shape index (κ1) is 11.4. The van der Waals surface area contributed by atoms with Crippen LogP contribution in [0.3, 0.4) is 0 Å². The summed E-state index contributed by atoms with van der Waals surface area (Å²) in [6.07, 6.45) is 1.19. The highest BCUT2D eigenvalue weighted by Gasteiger charge is 2.33. The fourth-order valence-corrected chi connectivity index (χ4v) is 0.967. The minimum Gasteiger partial charge on any atom is -0.465 e. The zero-order valence-corrected chi connectivity index (χ0v) is 7.67. The summed E-state index contributed by atoms with van der Waals surface area (Å²) < 4.78 is 4.73. The maximum absolute atomic E-state index is 11.2. The lowest BCUT2D eigenvalue weighted by Gasteiger charge is -2.23.